The van der Waals surface area contributed by atoms with E-state index in [1.54, 1.807) is 0 Å². The van der Waals surface area contributed by atoms with Crippen molar-refractivity contribution < 1.29 is 14.6 Å². The maximum atomic E-state index is 10.8. The number of nitrogens with zero attached hydrogens (tertiary/aromatic N) is 1. The molecule has 4 heteroatoms. The number of carbonyl (C=O) groups is 1. The fraction of sp³-hybridized carbons (Fsp3) is 0.929. The van der Waals surface area contributed by atoms with Crippen LogP contribution in [0.5, 0.6) is 0 Å². The molecule has 0 aromatic carbocycles. The van der Waals surface area contributed by atoms with Crippen LogP contribution in [0.1, 0.15) is 44.9 Å². The highest BCUT2D eigenvalue weighted by molar-refractivity contribution is 5.72. The number of carboxylic acid groups (broad SMARTS) is 1. The van der Waals surface area contributed by atoms with Crippen molar-refractivity contribution in [2.24, 2.45) is 5.92 Å². The second kappa shape index (κ2) is 6.53. The average Bonchev–Trinajstić information content (AvgIpc) is 2.78. The summed E-state index contributed by atoms with van der Waals surface area (Å²) in [6.45, 7) is 2.01. The van der Waals surface area contributed by atoms with Crippen LogP contribution in [-0.4, -0.2) is 48.3 Å². The van der Waals surface area contributed by atoms with E-state index in [2.05, 4.69) is 11.9 Å². The molecule has 1 saturated carbocycles. The molecule has 18 heavy (non-hydrogen) atoms. The summed E-state index contributed by atoms with van der Waals surface area (Å²) < 4.78 is 5.54. The molecule has 0 aromatic heterocycles. The highest BCUT2D eigenvalue weighted by atomic mass is 16.5. The van der Waals surface area contributed by atoms with Gasteiger partial charge in [-0.2, -0.15) is 0 Å². The van der Waals surface area contributed by atoms with Gasteiger partial charge in [-0.1, -0.05) is 19.3 Å². The molecular weight excluding hydrogens is 230 g/mol. The number of carboxylic acids is 1. The van der Waals surface area contributed by atoms with Crippen LogP contribution in [0.2, 0.25) is 0 Å². The monoisotopic (exact) mass is 255 g/mol. The predicted octanol–water partition coefficient (Wildman–Crippen LogP) is 2.13. The van der Waals surface area contributed by atoms with Crippen molar-refractivity contribution >= 4 is 5.97 Å². The van der Waals surface area contributed by atoms with Crippen LogP contribution < -0.4 is 0 Å². The van der Waals surface area contributed by atoms with Crippen molar-refractivity contribution in [1.82, 2.24) is 4.90 Å². The zero-order valence-corrected chi connectivity index (χ0v) is 11.3. The summed E-state index contributed by atoms with van der Waals surface area (Å²) in [5, 5.41) is 8.89. The van der Waals surface area contributed by atoms with Gasteiger partial charge in [-0.25, -0.2) is 4.79 Å². The van der Waals surface area contributed by atoms with Crippen molar-refractivity contribution in [3.8, 4) is 0 Å². The van der Waals surface area contributed by atoms with E-state index < -0.39 is 12.1 Å². The minimum Gasteiger partial charge on any atom is -0.479 e. The minimum absolute atomic E-state index is 0.111. The van der Waals surface area contributed by atoms with Crippen molar-refractivity contribution in [3.63, 3.8) is 0 Å². The molecule has 0 aromatic rings. The first-order valence-electron chi connectivity index (χ1n) is 7.22. The molecule has 0 amide bonds. The van der Waals surface area contributed by atoms with Gasteiger partial charge in [0.25, 0.3) is 0 Å². The lowest BCUT2D eigenvalue weighted by Gasteiger charge is -2.28. The van der Waals surface area contributed by atoms with Gasteiger partial charge in [-0.15, -0.1) is 0 Å². The van der Waals surface area contributed by atoms with E-state index in [1.807, 2.05) is 0 Å². The number of ether oxygens (including phenoxy) is 1. The molecule has 1 aliphatic heterocycles. The molecule has 104 valence electrons. The topological polar surface area (TPSA) is 49.8 Å². The summed E-state index contributed by atoms with van der Waals surface area (Å²) >= 11 is 0. The summed E-state index contributed by atoms with van der Waals surface area (Å²) in [5.41, 5.74) is 0. The van der Waals surface area contributed by atoms with Crippen molar-refractivity contribution in [1.29, 1.82) is 0 Å². The molecule has 2 rings (SSSR count). The van der Waals surface area contributed by atoms with E-state index in [-0.39, 0.29) is 6.10 Å². The highest BCUT2D eigenvalue weighted by Crippen LogP contribution is 2.25. The van der Waals surface area contributed by atoms with E-state index in [1.165, 1.54) is 32.1 Å². The Labute approximate surface area is 109 Å². The molecule has 4 nitrogen and oxygen atoms in total. The van der Waals surface area contributed by atoms with Gasteiger partial charge in [-0.3, -0.25) is 0 Å². The lowest BCUT2D eigenvalue weighted by molar-refractivity contribution is -0.149. The zero-order chi connectivity index (χ0) is 13.0. The molecular formula is C14H25NO3. The standard InChI is InChI=1S/C14H25NO3/c1-15(9-11-5-3-2-4-6-11)10-12-7-8-13(18-12)14(16)17/h11-13H,2-10H2,1H3,(H,16,17). The Kier molecular flexibility index (Phi) is 5.01. The van der Waals surface area contributed by atoms with E-state index >= 15 is 0 Å². The fourth-order valence-corrected chi connectivity index (χ4v) is 3.25. The van der Waals surface area contributed by atoms with Crippen molar-refractivity contribution in [2.75, 3.05) is 20.1 Å². The molecule has 1 aliphatic carbocycles. The largest absolute Gasteiger partial charge is 0.479 e. The van der Waals surface area contributed by atoms with E-state index in [0.29, 0.717) is 6.42 Å². The molecule has 1 saturated heterocycles. The molecule has 0 bridgehead atoms. The van der Waals surface area contributed by atoms with Gasteiger partial charge in [0, 0.05) is 13.1 Å². The van der Waals surface area contributed by atoms with Crippen LogP contribution in [0, 0.1) is 5.92 Å². The van der Waals surface area contributed by atoms with Gasteiger partial charge in [0.1, 0.15) is 0 Å². The molecule has 2 unspecified atom stereocenters. The number of rotatable bonds is 5. The average molecular weight is 255 g/mol. The van der Waals surface area contributed by atoms with Gasteiger partial charge >= 0.3 is 5.97 Å². The Bertz CT molecular complexity index is 276. The number of likely N-dealkylation sites (N-methyl/N-ethyl adjacent to an activating group) is 1. The maximum Gasteiger partial charge on any atom is 0.332 e. The second-order valence-electron chi connectivity index (χ2n) is 5.89. The number of hydrogen-bond donors (Lipinski definition) is 1. The van der Waals surface area contributed by atoms with Crippen molar-refractivity contribution in [2.45, 2.75) is 57.2 Å². The summed E-state index contributed by atoms with van der Waals surface area (Å²) in [5.74, 6) is 0.0212. The van der Waals surface area contributed by atoms with E-state index in [9.17, 15) is 4.79 Å². The Morgan fingerprint density at radius 2 is 1.89 bits per heavy atom. The molecule has 2 fully saturated rings. The molecule has 2 atom stereocenters. The number of hydrogen-bond acceptors (Lipinski definition) is 3. The Balaban J connectivity index is 1.68. The van der Waals surface area contributed by atoms with Crippen LogP contribution in [0.3, 0.4) is 0 Å². The van der Waals surface area contributed by atoms with Gasteiger partial charge < -0.3 is 14.7 Å². The first-order valence-corrected chi connectivity index (χ1v) is 7.22. The zero-order valence-electron chi connectivity index (χ0n) is 11.3. The molecule has 1 N–H and O–H groups in total. The van der Waals surface area contributed by atoms with Crippen LogP contribution in [-0.2, 0) is 9.53 Å². The molecule has 2 aliphatic rings. The summed E-state index contributed by atoms with van der Waals surface area (Å²) in [7, 11) is 2.13. The third-order valence-corrected chi connectivity index (χ3v) is 4.19. The molecule has 0 radical (unpaired) electrons. The van der Waals surface area contributed by atoms with E-state index in [4.69, 9.17) is 9.84 Å². The maximum absolute atomic E-state index is 10.8. The Morgan fingerprint density at radius 1 is 1.17 bits per heavy atom. The highest BCUT2D eigenvalue weighted by Gasteiger charge is 2.31. The Morgan fingerprint density at radius 3 is 2.50 bits per heavy atom. The first-order chi connectivity index (χ1) is 8.65. The predicted molar refractivity (Wildman–Crippen MR) is 69.6 cm³/mol. The molecule has 0 spiro atoms. The normalized spacial score (nSPS) is 29.9. The first kappa shape index (κ1) is 13.8. The summed E-state index contributed by atoms with van der Waals surface area (Å²) in [6, 6.07) is 0. The lowest BCUT2D eigenvalue weighted by atomic mass is 9.89. The van der Waals surface area contributed by atoms with Crippen LogP contribution in [0.25, 0.3) is 0 Å². The van der Waals surface area contributed by atoms with Gasteiger partial charge in [-0.05, 0) is 38.6 Å². The van der Waals surface area contributed by atoms with Gasteiger partial charge in [0.05, 0.1) is 6.10 Å². The number of aliphatic carboxylic acids is 1. The fourth-order valence-electron chi connectivity index (χ4n) is 3.25. The lowest BCUT2D eigenvalue weighted by Crippen LogP contribution is -2.34. The minimum atomic E-state index is -0.813. The SMILES string of the molecule is CN(CC1CCCCC1)CC1CCC(C(=O)O)O1. The third-order valence-electron chi connectivity index (χ3n) is 4.19. The quantitative estimate of drug-likeness (QED) is 0.817. The van der Waals surface area contributed by atoms with Crippen LogP contribution in [0.4, 0.5) is 0 Å². The molecule has 1 heterocycles. The van der Waals surface area contributed by atoms with E-state index in [0.717, 1.165) is 25.4 Å². The Hall–Kier alpha value is -0.610. The second-order valence-corrected chi connectivity index (χ2v) is 5.89. The van der Waals surface area contributed by atoms with Crippen LogP contribution in [0.15, 0.2) is 0 Å². The third kappa shape index (κ3) is 3.95. The smallest absolute Gasteiger partial charge is 0.332 e. The summed E-state index contributed by atoms with van der Waals surface area (Å²) in [4.78, 5) is 13.1. The van der Waals surface area contributed by atoms with Crippen LogP contribution >= 0.6 is 0 Å². The van der Waals surface area contributed by atoms with Gasteiger partial charge in [0.15, 0.2) is 6.10 Å². The summed E-state index contributed by atoms with van der Waals surface area (Å²) in [6.07, 6.45) is 7.94. The van der Waals surface area contributed by atoms with Crippen molar-refractivity contribution in [3.05, 3.63) is 0 Å². The van der Waals surface area contributed by atoms with Gasteiger partial charge in [0.2, 0.25) is 0 Å².